The van der Waals surface area contributed by atoms with Gasteiger partial charge in [0.2, 0.25) is 0 Å². The van der Waals surface area contributed by atoms with Crippen molar-refractivity contribution in [1.29, 1.82) is 0 Å². The molecule has 0 fully saturated rings. The maximum atomic E-state index is 12.7. The summed E-state index contributed by atoms with van der Waals surface area (Å²) in [5.74, 6) is 0.421. The van der Waals surface area contributed by atoms with Gasteiger partial charge in [-0.1, -0.05) is 34.1 Å². The van der Waals surface area contributed by atoms with Crippen LogP contribution in [0, 0.1) is 0 Å². The number of hydrogen-bond donors (Lipinski definition) is 1. The average Bonchev–Trinajstić information content (AvgIpc) is 2.80. The summed E-state index contributed by atoms with van der Waals surface area (Å²) >= 11 is 3.34. The van der Waals surface area contributed by atoms with Gasteiger partial charge in [0.25, 0.3) is 10.0 Å². The summed E-state index contributed by atoms with van der Waals surface area (Å²) in [7, 11) is -0.867. The molecule has 166 valence electrons. The van der Waals surface area contributed by atoms with E-state index in [1.54, 1.807) is 48.5 Å². The second kappa shape index (κ2) is 10.3. The van der Waals surface area contributed by atoms with Crippen LogP contribution in [0.3, 0.4) is 0 Å². The number of sulfonamides is 1. The molecule has 1 N–H and O–H groups in total. The molecule has 0 spiro atoms. The highest BCUT2D eigenvalue weighted by molar-refractivity contribution is 9.10. The molecule has 3 aromatic rings. The van der Waals surface area contributed by atoms with Crippen molar-refractivity contribution < 1.29 is 27.4 Å². The highest BCUT2D eigenvalue weighted by Crippen LogP contribution is 2.29. The highest BCUT2D eigenvalue weighted by Gasteiger charge is 2.15. The van der Waals surface area contributed by atoms with Crippen molar-refractivity contribution in [2.45, 2.75) is 4.90 Å². The van der Waals surface area contributed by atoms with Gasteiger partial charge in [-0.05, 0) is 48.5 Å². The summed E-state index contributed by atoms with van der Waals surface area (Å²) in [6, 6.07) is 17.4. The third-order valence-corrected chi connectivity index (χ3v) is 5.96. The second-order valence-corrected chi connectivity index (χ2v) is 8.88. The van der Waals surface area contributed by atoms with E-state index >= 15 is 0 Å². The highest BCUT2D eigenvalue weighted by atomic mass is 79.9. The molecule has 3 aromatic carbocycles. The number of halogens is 1. The number of hydrazone groups is 1. The lowest BCUT2D eigenvalue weighted by molar-refractivity contribution is 0.0734. The van der Waals surface area contributed by atoms with Crippen molar-refractivity contribution in [3.8, 4) is 17.2 Å². The molecular formula is C22H19BrN2O6S. The number of rotatable bonds is 8. The third-order valence-electron chi connectivity index (χ3n) is 4.22. The van der Waals surface area contributed by atoms with Gasteiger partial charge < -0.3 is 14.2 Å². The van der Waals surface area contributed by atoms with Gasteiger partial charge in [0.05, 0.1) is 30.9 Å². The van der Waals surface area contributed by atoms with Crippen LogP contribution in [-0.2, 0) is 10.0 Å². The zero-order valence-corrected chi connectivity index (χ0v) is 19.5. The first-order chi connectivity index (χ1) is 15.3. The van der Waals surface area contributed by atoms with Gasteiger partial charge in [0.15, 0.2) is 11.5 Å². The lowest BCUT2D eigenvalue weighted by atomic mass is 10.2. The van der Waals surface area contributed by atoms with Gasteiger partial charge in [-0.3, -0.25) is 0 Å². The van der Waals surface area contributed by atoms with E-state index in [1.165, 1.54) is 38.6 Å². The predicted octanol–water partition coefficient (Wildman–Crippen LogP) is 4.00. The fraction of sp³-hybridized carbons (Fsp3) is 0.0909. The monoisotopic (exact) mass is 518 g/mol. The molecule has 0 saturated carbocycles. The predicted molar refractivity (Wildman–Crippen MR) is 123 cm³/mol. The van der Waals surface area contributed by atoms with E-state index < -0.39 is 16.0 Å². The molecule has 0 unspecified atom stereocenters. The first-order valence-electron chi connectivity index (χ1n) is 9.17. The van der Waals surface area contributed by atoms with Crippen LogP contribution in [0.4, 0.5) is 0 Å². The van der Waals surface area contributed by atoms with Crippen LogP contribution >= 0.6 is 15.9 Å². The number of methoxy groups -OCH3 is 2. The molecule has 0 atom stereocenters. The number of ether oxygens (including phenoxy) is 3. The Labute approximate surface area is 194 Å². The molecule has 0 bridgehead atoms. The minimum Gasteiger partial charge on any atom is -0.493 e. The van der Waals surface area contributed by atoms with Crippen LogP contribution in [0.1, 0.15) is 15.9 Å². The van der Waals surface area contributed by atoms with Crippen molar-refractivity contribution in [2.75, 3.05) is 14.2 Å². The lowest BCUT2D eigenvalue weighted by Gasteiger charge is -2.11. The molecule has 0 heterocycles. The standard InChI is InChI=1S/C22H19BrN2O6S/c1-29-20-10-8-15(13-21(20)30-2)22(26)31-19-11-9-17(23)12-16(19)14-24-25-32(27,28)18-6-4-3-5-7-18/h3-14,25H,1-2H3/b24-14+. The fourth-order valence-electron chi connectivity index (χ4n) is 2.65. The van der Waals surface area contributed by atoms with Crippen molar-refractivity contribution in [1.82, 2.24) is 4.83 Å². The summed E-state index contributed by atoms with van der Waals surface area (Å²) in [4.78, 5) is 14.9. The van der Waals surface area contributed by atoms with Crippen LogP contribution in [0.15, 0.2) is 81.2 Å². The first-order valence-corrected chi connectivity index (χ1v) is 11.5. The normalized spacial score (nSPS) is 11.2. The Kier molecular flexibility index (Phi) is 7.49. The number of carbonyl (C=O) groups is 1. The number of esters is 1. The molecule has 10 heteroatoms. The Balaban J connectivity index is 1.81. The van der Waals surface area contributed by atoms with Gasteiger partial charge >= 0.3 is 5.97 Å². The van der Waals surface area contributed by atoms with Gasteiger partial charge in [0.1, 0.15) is 5.75 Å². The SMILES string of the molecule is COc1ccc(C(=O)Oc2ccc(Br)cc2/C=N/NS(=O)(=O)c2ccccc2)cc1OC. The number of benzene rings is 3. The van der Waals surface area contributed by atoms with Gasteiger partial charge in [-0.25, -0.2) is 9.63 Å². The number of carbonyl (C=O) groups excluding carboxylic acids is 1. The molecule has 32 heavy (non-hydrogen) atoms. The summed E-state index contributed by atoms with van der Waals surface area (Å²) in [5.41, 5.74) is 0.627. The Hall–Kier alpha value is -3.37. The second-order valence-electron chi connectivity index (χ2n) is 6.31. The quantitative estimate of drug-likeness (QED) is 0.209. The smallest absolute Gasteiger partial charge is 0.343 e. The third kappa shape index (κ3) is 5.65. The van der Waals surface area contributed by atoms with Crippen LogP contribution in [-0.4, -0.2) is 34.8 Å². The van der Waals surface area contributed by atoms with Crippen molar-refractivity contribution in [3.63, 3.8) is 0 Å². The van der Waals surface area contributed by atoms with Gasteiger partial charge in [-0.15, -0.1) is 0 Å². The minimum absolute atomic E-state index is 0.0755. The lowest BCUT2D eigenvalue weighted by Crippen LogP contribution is -2.18. The Bertz CT molecular complexity index is 1250. The topological polar surface area (TPSA) is 103 Å². The zero-order chi connectivity index (χ0) is 23.1. The number of hydrogen-bond acceptors (Lipinski definition) is 7. The van der Waals surface area contributed by atoms with E-state index in [-0.39, 0.29) is 16.2 Å². The van der Waals surface area contributed by atoms with Crippen LogP contribution in [0.25, 0.3) is 0 Å². The molecule has 0 aliphatic carbocycles. The molecule has 3 rings (SSSR count). The molecule has 0 aliphatic rings. The van der Waals surface area contributed by atoms with E-state index in [0.717, 1.165) is 0 Å². The van der Waals surface area contributed by atoms with Crippen LogP contribution < -0.4 is 19.0 Å². The van der Waals surface area contributed by atoms with Crippen molar-refractivity contribution in [3.05, 3.63) is 82.3 Å². The minimum atomic E-state index is -3.83. The molecule has 0 amide bonds. The maximum Gasteiger partial charge on any atom is 0.343 e. The fourth-order valence-corrected chi connectivity index (χ4v) is 3.84. The van der Waals surface area contributed by atoms with Crippen LogP contribution in [0.5, 0.6) is 17.2 Å². The summed E-state index contributed by atoms with van der Waals surface area (Å²) in [5, 5.41) is 3.81. The average molecular weight is 519 g/mol. The molecule has 0 radical (unpaired) electrons. The Morgan fingerprint density at radius 2 is 1.62 bits per heavy atom. The van der Waals surface area contributed by atoms with E-state index in [9.17, 15) is 13.2 Å². The molecular weight excluding hydrogens is 500 g/mol. The maximum absolute atomic E-state index is 12.7. The first kappa shape index (κ1) is 23.3. The molecule has 8 nitrogen and oxygen atoms in total. The van der Waals surface area contributed by atoms with Crippen molar-refractivity contribution in [2.24, 2.45) is 5.10 Å². The van der Waals surface area contributed by atoms with E-state index in [0.29, 0.717) is 21.5 Å². The Morgan fingerprint density at radius 1 is 0.938 bits per heavy atom. The number of nitrogens with zero attached hydrogens (tertiary/aromatic N) is 1. The van der Waals surface area contributed by atoms with Crippen molar-refractivity contribution >= 4 is 38.1 Å². The van der Waals surface area contributed by atoms with E-state index in [4.69, 9.17) is 14.2 Å². The van der Waals surface area contributed by atoms with Gasteiger partial charge in [0, 0.05) is 10.0 Å². The molecule has 0 aliphatic heterocycles. The summed E-state index contributed by atoms with van der Waals surface area (Å²) < 4.78 is 41.2. The van der Waals surface area contributed by atoms with Gasteiger partial charge in [-0.2, -0.15) is 13.5 Å². The summed E-state index contributed by atoms with van der Waals surface area (Å²) in [6.45, 7) is 0. The van der Waals surface area contributed by atoms with E-state index in [1.807, 2.05) is 0 Å². The Morgan fingerprint density at radius 3 is 2.31 bits per heavy atom. The largest absolute Gasteiger partial charge is 0.493 e. The molecule has 0 saturated heterocycles. The summed E-state index contributed by atoms with van der Waals surface area (Å²) in [6.07, 6.45) is 1.25. The number of nitrogens with one attached hydrogen (secondary N) is 1. The zero-order valence-electron chi connectivity index (χ0n) is 17.1. The van der Waals surface area contributed by atoms with Crippen LogP contribution in [0.2, 0.25) is 0 Å². The van der Waals surface area contributed by atoms with E-state index in [2.05, 4.69) is 25.9 Å². The molecule has 0 aromatic heterocycles.